The van der Waals surface area contributed by atoms with E-state index in [0.29, 0.717) is 18.9 Å². The third-order valence-electron chi connectivity index (χ3n) is 6.07. The van der Waals surface area contributed by atoms with E-state index in [9.17, 15) is 19.2 Å². The van der Waals surface area contributed by atoms with Crippen LogP contribution >= 0.6 is 0 Å². The van der Waals surface area contributed by atoms with Crippen molar-refractivity contribution in [1.82, 2.24) is 10.2 Å². The number of hydrogen-bond acceptors (Lipinski definition) is 5. The second-order valence-corrected chi connectivity index (χ2v) is 9.97. The van der Waals surface area contributed by atoms with Gasteiger partial charge in [-0.3, -0.25) is 19.2 Å². The maximum atomic E-state index is 12.6. The molecule has 0 saturated heterocycles. The normalized spacial score (nSPS) is 17.0. The SMILES string of the molecule is C1CCCCC1.CC(C)CN(C(=O)CN)C(C)C(=O)NC(CC1CCC1)C(=O)C(N)=O.CCC. The van der Waals surface area contributed by atoms with Crippen LogP contribution in [-0.2, 0) is 19.2 Å². The van der Waals surface area contributed by atoms with E-state index in [1.807, 2.05) is 13.8 Å². The molecule has 0 heterocycles. The van der Waals surface area contributed by atoms with E-state index in [-0.39, 0.29) is 18.4 Å². The minimum absolute atomic E-state index is 0.156. The standard InChI is InChI=1S/C17H30N4O4.C6H12.C3H8/c1-10(2)9-21(14(22)8-18)11(3)17(25)20-13(15(23)16(19)24)7-12-5-4-6-12;1-2-4-6-5-3-1;1-3-2/h10-13H,4-9,18H2,1-3H3,(H2,19,24)(H,20,25);1-6H2;3H2,1-2H3. The minimum Gasteiger partial charge on any atom is -0.363 e. The Balaban J connectivity index is 0.00000101. The average Bonchev–Trinajstić information content (AvgIpc) is 2.79. The van der Waals surface area contributed by atoms with Gasteiger partial charge in [0.1, 0.15) is 6.04 Å². The maximum Gasteiger partial charge on any atom is 0.287 e. The summed E-state index contributed by atoms with van der Waals surface area (Å²) in [6.45, 7) is 9.87. The lowest BCUT2D eigenvalue weighted by molar-refractivity contribution is -0.142. The lowest BCUT2D eigenvalue weighted by atomic mass is 9.80. The van der Waals surface area contributed by atoms with Gasteiger partial charge in [0.25, 0.3) is 5.91 Å². The van der Waals surface area contributed by atoms with E-state index < -0.39 is 29.7 Å². The molecule has 2 aliphatic carbocycles. The summed E-state index contributed by atoms with van der Waals surface area (Å²) >= 11 is 0. The zero-order valence-corrected chi connectivity index (χ0v) is 22.2. The van der Waals surface area contributed by atoms with E-state index in [2.05, 4.69) is 19.2 Å². The number of amides is 3. The van der Waals surface area contributed by atoms with Crippen LogP contribution in [0, 0.1) is 11.8 Å². The molecule has 34 heavy (non-hydrogen) atoms. The monoisotopic (exact) mass is 482 g/mol. The Bertz CT molecular complexity index is 604. The van der Waals surface area contributed by atoms with Crippen molar-refractivity contribution in [3.63, 3.8) is 0 Å². The van der Waals surface area contributed by atoms with Gasteiger partial charge in [-0.25, -0.2) is 0 Å². The molecule has 0 bridgehead atoms. The van der Waals surface area contributed by atoms with Crippen molar-refractivity contribution in [2.45, 2.75) is 117 Å². The molecule has 2 aliphatic rings. The molecule has 2 unspecified atom stereocenters. The highest BCUT2D eigenvalue weighted by Gasteiger charge is 2.33. The number of hydrogen-bond donors (Lipinski definition) is 3. The molecule has 0 radical (unpaired) electrons. The van der Waals surface area contributed by atoms with Gasteiger partial charge in [0.15, 0.2) is 0 Å². The first-order valence-electron chi connectivity index (χ1n) is 13.2. The lowest BCUT2D eigenvalue weighted by Crippen LogP contribution is -2.55. The number of nitrogens with one attached hydrogen (secondary N) is 1. The fraction of sp³-hybridized carbons (Fsp3) is 0.846. The van der Waals surface area contributed by atoms with Crippen LogP contribution in [0.15, 0.2) is 0 Å². The highest BCUT2D eigenvalue weighted by molar-refractivity contribution is 6.37. The van der Waals surface area contributed by atoms with E-state index in [0.717, 1.165) is 19.3 Å². The van der Waals surface area contributed by atoms with Crippen LogP contribution in [0.4, 0.5) is 0 Å². The number of carbonyl (C=O) groups is 4. The number of nitrogens with zero attached hydrogens (tertiary/aromatic N) is 1. The van der Waals surface area contributed by atoms with Crippen LogP contribution in [-0.4, -0.2) is 53.6 Å². The molecule has 0 spiro atoms. The number of ketones is 1. The van der Waals surface area contributed by atoms with Crippen LogP contribution in [0.3, 0.4) is 0 Å². The maximum absolute atomic E-state index is 12.6. The van der Waals surface area contributed by atoms with Gasteiger partial charge in [0, 0.05) is 6.54 Å². The summed E-state index contributed by atoms with van der Waals surface area (Å²) in [4.78, 5) is 49.3. The summed E-state index contributed by atoms with van der Waals surface area (Å²) in [7, 11) is 0. The summed E-state index contributed by atoms with van der Waals surface area (Å²) in [5.74, 6) is -2.22. The average molecular weight is 483 g/mol. The molecule has 2 saturated carbocycles. The molecule has 2 rings (SSSR count). The molecule has 2 atom stereocenters. The largest absolute Gasteiger partial charge is 0.363 e. The predicted molar refractivity (Wildman–Crippen MR) is 137 cm³/mol. The van der Waals surface area contributed by atoms with E-state index in [4.69, 9.17) is 11.5 Å². The Morgan fingerprint density at radius 1 is 0.912 bits per heavy atom. The van der Waals surface area contributed by atoms with E-state index in [1.165, 1.54) is 49.8 Å². The molecular weight excluding hydrogens is 432 g/mol. The Morgan fingerprint density at radius 3 is 1.71 bits per heavy atom. The van der Waals surface area contributed by atoms with Crippen LogP contribution in [0.5, 0.6) is 0 Å². The molecule has 8 nitrogen and oxygen atoms in total. The smallest absolute Gasteiger partial charge is 0.287 e. The van der Waals surface area contributed by atoms with E-state index >= 15 is 0 Å². The summed E-state index contributed by atoms with van der Waals surface area (Å²) in [5, 5.41) is 2.61. The van der Waals surface area contributed by atoms with Crippen molar-refractivity contribution in [3.05, 3.63) is 0 Å². The van der Waals surface area contributed by atoms with E-state index in [1.54, 1.807) is 6.92 Å². The van der Waals surface area contributed by atoms with Crippen molar-refractivity contribution in [1.29, 1.82) is 0 Å². The van der Waals surface area contributed by atoms with Gasteiger partial charge in [-0.2, -0.15) is 0 Å². The zero-order valence-electron chi connectivity index (χ0n) is 22.2. The Kier molecular flexibility index (Phi) is 17.3. The first-order valence-corrected chi connectivity index (χ1v) is 13.2. The molecule has 3 amide bonds. The molecule has 0 aliphatic heterocycles. The summed E-state index contributed by atoms with van der Waals surface area (Å²) in [6.07, 6.45) is 13.7. The lowest BCUT2D eigenvalue weighted by Gasteiger charge is -2.32. The molecule has 0 aromatic carbocycles. The first-order chi connectivity index (χ1) is 16.1. The van der Waals surface area contributed by atoms with Crippen molar-refractivity contribution < 1.29 is 19.2 Å². The van der Waals surface area contributed by atoms with Gasteiger partial charge >= 0.3 is 0 Å². The molecule has 2 fully saturated rings. The molecule has 8 heteroatoms. The zero-order chi connectivity index (χ0) is 26.1. The van der Waals surface area contributed by atoms with Crippen molar-refractivity contribution in [3.8, 4) is 0 Å². The van der Waals surface area contributed by atoms with Crippen LogP contribution < -0.4 is 16.8 Å². The predicted octanol–water partition coefficient (Wildman–Crippen LogP) is 3.30. The number of Topliss-reactive ketones (excluding diaryl/α,β-unsaturated/α-hetero) is 1. The fourth-order valence-corrected chi connectivity index (χ4v) is 3.95. The molecular formula is C26H50N4O4. The Labute approximate surface area is 206 Å². The third kappa shape index (κ3) is 13.1. The van der Waals surface area contributed by atoms with Crippen LogP contribution in [0.25, 0.3) is 0 Å². The fourth-order valence-electron chi connectivity index (χ4n) is 3.95. The van der Waals surface area contributed by atoms with Crippen molar-refractivity contribution in [2.24, 2.45) is 23.3 Å². The van der Waals surface area contributed by atoms with Gasteiger partial charge in [0.05, 0.1) is 12.6 Å². The molecule has 0 aromatic rings. The second kappa shape index (κ2) is 18.4. The topological polar surface area (TPSA) is 136 Å². The molecule has 5 N–H and O–H groups in total. The van der Waals surface area contributed by atoms with Crippen LogP contribution in [0.2, 0.25) is 0 Å². The number of carbonyl (C=O) groups excluding carboxylic acids is 4. The Morgan fingerprint density at radius 2 is 1.38 bits per heavy atom. The minimum atomic E-state index is -1.06. The van der Waals surface area contributed by atoms with Crippen LogP contribution in [0.1, 0.15) is 105 Å². The van der Waals surface area contributed by atoms with Gasteiger partial charge < -0.3 is 21.7 Å². The second-order valence-electron chi connectivity index (χ2n) is 9.97. The Hall–Kier alpha value is -1.96. The van der Waals surface area contributed by atoms with Gasteiger partial charge in [0.2, 0.25) is 17.6 Å². The van der Waals surface area contributed by atoms with Crippen molar-refractivity contribution in [2.75, 3.05) is 13.1 Å². The number of rotatable bonds is 10. The number of nitrogens with two attached hydrogens (primary N) is 2. The summed E-state index contributed by atoms with van der Waals surface area (Å²) in [5.41, 5.74) is 10.5. The highest BCUT2D eigenvalue weighted by atomic mass is 16.2. The first kappa shape index (κ1) is 32.0. The highest BCUT2D eigenvalue weighted by Crippen LogP contribution is 2.30. The van der Waals surface area contributed by atoms with Gasteiger partial charge in [-0.05, 0) is 25.2 Å². The quantitative estimate of drug-likeness (QED) is 0.410. The van der Waals surface area contributed by atoms with Crippen molar-refractivity contribution >= 4 is 23.5 Å². The molecule has 0 aromatic heterocycles. The summed E-state index contributed by atoms with van der Waals surface area (Å²) in [6, 6.07) is -1.73. The summed E-state index contributed by atoms with van der Waals surface area (Å²) < 4.78 is 0. The van der Waals surface area contributed by atoms with Gasteiger partial charge in [-0.1, -0.05) is 91.9 Å². The number of primary amides is 1. The third-order valence-corrected chi connectivity index (χ3v) is 6.07. The van der Waals surface area contributed by atoms with Gasteiger partial charge in [-0.15, -0.1) is 0 Å². The molecule has 198 valence electrons.